The molecule has 8 N–H and O–H groups in total. The molecule has 0 radical (unpaired) electrons. The van der Waals surface area contributed by atoms with E-state index in [1.165, 1.54) is 0 Å². The zero-order chi connectivity index (χ0) is 17.3. The molecule has 1 unspecified atom stereocenters. The van der Waals surface area contributed by atoms with Crippen molar-refractivity contribution in [2.24, 2.45) is 0 Å². The lowest BCUT2D eigenvalue weighted by Crippen LogP contribution is -2.35. The van der Waals surface area contributed by atoms with Gasteiger partial charge in [0.1, 0.15) is 18.3 Å². The summed E-state index contributed by atoms with van der Waals surface area (Å²) in [6.45, 7) is -0.885. The molecular formula is C5H14NO13P3. The largest absolute Gasteiger partial charge is 0.469 e. The van der Waals surface area contributed by atoms with Gasteiger partial charge < -0.3 is 39.4 Å². The lowest BCUT2D eigenvalue weighted by atomic mass is 10.1. The summed E-state index contributed by atoms with van der Waals surface area (Å²) in [5.41, 5.74) is 0. The molecule has 1 saturated heterocycles. The third-order valence-corrected chi connectivity index (χ3v) is 5.26. The molecule has 0 saturated carbocycles. The number of aliphatic hydroxyl groups excluding tert-OH is 2. The number of rotatable bonds is 7. The van der Waals surface area contributed by atoms with Crippen molar-refractivity contribution in [3.8, 4) is 0 Å². The van der Waals surface area contributed by atoms with Crippen LogP contribution in [-0.2, 0) is 27.5 Å². The Morgan fingerprint density at radius 3 is 2.00 bits per heavy atom. The van der Waals surface area contributed by atoms with E-state index in [2.05, 4.69) is 9.05 Å². The van der Waals surface area contributed by atoms with Crippen LogP contribution in [-0.4, -0.2) is 65.9 Å². The summed E-state index contributed by atoms with van der Waals surface area (Å²) in [4.78, 5) is 44.1. The lowest BCUT2D eigenvalue weighted by molar-refractivity contribution is -0.120. The Balaban J connectivity index is 2.68. The number of ether oxygens (including phenoxy) is 1. The van der Waals surface area contributed by atoms with E-state index in [1.807, 2.05) is 0 Å². The average Bonchev–Trinajstić information content (AvgIpc) is 2.49. The molecule has 14 nitrogen and oxygen atoms in total. The van der Waals surface area contributed by atoms with E-state index in [9.17, 15) is 23.9 Å². The summed E-state index contributed by atoms with van der Waals surface area (Å²) in [5, 5.41) is 19.0. The minimum Gasteiger partial charge on any atom is -0.387 e. The molecule has 0 aliphatic carbocycles. The predicted molar refractivity (Wildman–Crippen MR) is 64.8 cm³/mol. The smallest absolute Gasteiger partial charge is 0.387 e. The van der Waals surface area contributed by atoms with Crippen LogP contribution < -0.4 is 4.86 Å². The van der Waals surface area contributed by atoms with Crippen LogP contribution in [0.2, 0.25) is 0 Å². The molecule has 17 heteroatoms. The standard InChI is InChI=1S/C5H14NO13P3/c7-3-2(1-17-22(14,15)16)18-5(4(3)8)19-21(12,13)6-20(9,10)11/h2-5,7-8H,1H2,(H2,14,15,16)(H4,6,9,10,11,12,13)/t2-,3-,4-,5-/m1/s1. The van der Waals surface area contributed by atoms with E-state index < -0.39 is 54.5 Å². The van der Waals surface area contributed by atoms with Crippen LogP contribution in [0, 0.1) is 0 Å². The third kappa shape index (κ3) is 6.79. The second kappa shape index (κ2) is 7.01. The molecule has 1 heterocycles. The van der Waals surface area contributed by atoms with Gasteiger partial charge in [-0.3, -0.25) is 9.05 Å². The fourth-order valence-electron chi connectivity index (χ4n) is 1.44. The summed E-state index contributed by atoms with van der Waals surface area (Å²) in [6, 6.07) is 0. The Morgan fingerprint density at radius 1 is 1.00 bits per heavy atom. The van der Waals surface area contributed by atoms with Crippen molar-refractivity contribution < 1.29 is 62.2 Å². The minimum absolute atomic E-state index is 0.885. The molecule has 1 rings (SSSR count). The SMILES string of the molecule is O=P(O)(O)NP(=O)(O)O[C@H]1O[C@H](COP(=O)(O)O)[C@@H](O)[C@H]1O. The number of phosphoric ester groups is 1. The van der Waals surface area contributed by atoms with E-state index in [0.29, 0.717) is 0 Å². The van der Waals surface area contributed by atoms with Gasteiger partial charge in [0.2, 0.25) is 0 Å². The van der Waals surface area contributed by atoms with Crippen molar-refractivity contribution in [2.45, 2.75) is 24.6 Å². The highest BCUT2D eigenvalue weighted by Crippen LogP contribution is 2.50. The first-order valence-corrected chi connectivity index (χ1v) is 10.0. The quantitative estimate of drug-likeness (QED) is 0.208. The van der Waals surface area contributed by atoms with Crippen molar-refractivity contribution in [1.29, 1.82) is 0 Å². The highest BCUT2D eigenvalue weighted by molar-refractivity contribution is 7.66. The van der Waals surface area contributed by atoms with Crippen LogP contribution in [0.25, 0.3) is 0 Å². The summed E-state index contributed by atoms with van der Waals surface area (Å²) in [5.74, 6) is 0. The van der Waals surface area contributed by atoms with Gasteiger partial charge in [-0.15, -0.1) is 4.86 Å². The minimum atomic E-state index is -5.14. The van der Waals surface area contributed by atoms with E-state index in [0.717, 1.165) is 4.86 Å². The highest BCUT2D eigenvalue weighted by Gasteiger charge is 2.47. The van der Waals surface area contributed by atoms with Crippen LogP contribution in [0.1, 0.15) is 0 Å². The van der Waals surface area contributed by atoms with Crippen molar-refractivity contribution in [1.82, 2.24) is 4.86 Å². The van der Waals surface area contributed by atoms with Gasteiger partial charge in [-0.1, -0.05) is 0 Å². The zero-order valence-electron chi connectivity index (χ0n) is 10.4. The van der Waals surface area contributed by atoms with Gasteiger partial charge in [0.25, 0.3) is 0 Å². The van der Waals surface area contributed by atoms with Crippen LogP contribution in [0.5, 0.6) is 0 Å². The third-order valence-electron chi connectivity index (χ3n) is 2.23. The van der Waals surface area contributed by atoms with Crippen LogP contribution >= 0.6 is 23.3 Å². The number of phosphoric acid groups is 1. The van der Waals surface area contributed by atoms with E-state index in [1.54, 1.807) is 0 Å². The maximum absolute atomic E-state index is 11.4. The highest BCUT2D eigenvalue weighted by atomic mass is 31.3. The lowest BCUT2D eigenvalue weighted by Gasteiger charge is -2.20. The fourth-order valence-corrected chi connectivity index (χ4v) is 3.74. The molecule has 0 spiro atoms. The molecule has 0 bridgehead atoms. The predicted octanol–water partition coefficient (Wildman–Crippen LogP) is -2.66. The summed E-state index contributed by atoms with van der Waals surface area (Å²) < 4.78 is 45.4. The van der Waals surface area contributed by atoms with Gasteiger partial charge in [-0.05, 0) is 0 Å². The number of nitrogens with one attached hydrogen (secondary N) is 1. The Labute approximate surface area is 122 Å². The number of aliphatic hydroxyl groups is 2. The van der Waals surface area contributed by atoms with Crippen LogP contribution in [0.4, 0.5) is 0 Å². The molecule has 0 aromatic rings. The van der Waals surface area contributed by atoms with Gasteiger partial charge >= 0.3 is 23.3 Å². The Morgan fingerprint density at radius 2 is 1.55 bits per heavy atom. The van der Waals surface area contributed by atoms with Crippen molar-refractivity contribution in [3.05, 3.63) is 0 Å². The van der Waals surface area contributed by atoms with Crippen molar-refractivity contribution >= 4 is 23.3 Å². The second-order valence-corrected chi connectivity index (χ2v) is 8.46. The van der Waals surface area contributed by atoms with Gasteiger partial charge in [0.05, 0.1) is 6.61 Å². The molecule has 0 amide bonds. The van der Waals surface area contributed by atoms with Gasteiger partial charge in [0, 0.05) is 0 Å². The topological polar surface area (TPSA) is 233 Å². The van der Waals surface area contributed by atoms with Crippen LogP contribution in [0.15, 0.2) is 0 Å². The summed E-state index contributed by atoms with van der Waals surface area (Å²) in [7, 11) is -15.1. The van der Waals surface area contributed by atoms with Gasteiger partial charge in [-0.25, -0.2) is 13.7 Å². The van der Waals surface area contributed by atoms with Crippen molar-refractivity contribution in [3.63, 3.8) is 0 Å². The first-order chi connectivity index (χ1) is 9.70. The molecule has 1 aliphatic rings. The normalized spacial score (nSPS) is 32.9. The van der Waals surface area contributed by atoms with Gasteiger partial charge in [0.15, 0.2) is 6.29 Å². The number of hydrogen-bond acceptors (Lipinski definition) is 8. The molecule has 0 aromatic heterocycles. The second-order valence-electron chi connectivity index (χ2n) is 4.08. The molecule has 5 atom stereocenters. The molecule has 132 valence electrons. The first-order valence-electron chi connectivity index (χ1n) is 5.28. The van der Waals surface area contributed by atoms with E-state index in [-0.39, 0.29) is 0 Å². The molecule has 0 aromatic carbocycles. The summed E-state index contributed by atoms with van der Waals surface area (Å²) >= 11 is 0. The molecule has 1 fully saturated rings. The Hall–Kier alpha value is 0.250. The Kier molecular flexibility index (Phi) is 6.47. The fraction of sp³-hybridized carbons (Fsp3) is 1.00. The monoisotopic (exact) mass is 389 g/mol. The first kappa shape index (κ1) is 20.3. The van der Waals surface area contributed by atoms with Crippen LogP contribution in [0.3, 0.4) is 0 Å². The summed E-state index contributed by atoms with van der Waals surface area (Å²) in [6.07, 6.45) is -7.27. The maximum atomic E-state index is 11.4. The average molecular weight is 389 g/mol. The van der Waals surface area contributed by atoms with Crippen molar-refractivity contribution in [2.75, 3.05) is 6.61 Å². The van der Waals surface area contributed by atoms with E-state index in [4.69, 9.17) is 29.2 Å². The molecule has 1 aliphatic heterocycles. The molecular weight excluding hydrogens is 375 g/mol. The van der Waals surface area contributed by atoms with E-state index >= 15 is 0 Å². The number of hydrogen-bond donors (Lipinski definition) is 8. The maximum Gasteiger partial charge on any atom is 0.469 e. The zero-order valence-corrected chi connectivity index (χ0v) is 13.1. The Bertz CT molecular complexity index is 526. The van der Waals surface area contributed by atoms with Gasteiger partial charge in [-0.2, -0.15) is 0 Å². The molecule has 22 heavy (non-hydrogen) atoms.